The van der Waals surface area contributed by atoms with E-state index in [9.17, 15) is 0 Å². The van der Waals surface area contributed by atoms with Crippen LogP contribution in [-0.4, -0.2) is 22.3 Å². The van der Waals surface area contributed by atoms with Gasteiger partial charge in [0.2, 0.25) is 0 Å². The molecule has 0 aliphatic heterocycles. The van der Waals surface area contributed by atoms with Gasteiger partial charge in [0, 0.05) is 16.8 Å². The van der Waals surface area contributed by atoms with E-state index in [4.69, 9.17) is 4.74 Å². The Morgan fingerprint density at radius 2 is 2.38 bits per heavy atom. The summed E-state index contributed by atoms with van der Waals surface area (Å²) in [5.41, 5.74) is 0.192. The van der Waals surface area contributed by atoms with Gasteiger partial charge in [-0.3, -0.25) is 0 Å². The summed E-state index contributed by atoms with van der Waals surface area (Å²) in [7, 11) is 1.27. The molecule has 0 aromatic rings. The van der Waals surface area contributed by atoms with Crippen molar-refractivity contribution in [3.63, 3.8) is 0 Å². The maximum atomic E-state index is 5.17. The van der Waals surface area contributed by atoms with E-state index < -0.39 is 0 Å². The lowest BCUT2D eigenvalue weighted by atomic mass is 10.5. The molecule has 0 aliphatic rings. The smallest absolute Gasteiger partial charge is 0.0996 e. The molecule has 0 spiro atoms. The lowest BCUT2D eigenvalue weighted by Gasteiger charge is -2.07. The van der Waals surface area contributed by atoms with Crippen molar-refractivity contribution in [1.29, 1.82) is 0 Å². The number of hydrogen-bond acceptors (Lipinski definition) is 2. The first-order chi connectivity index (χ1) is 3.81. The Hall–Kier alpha value is 0.527. The van der Waals surface area contributed by atoms with Crippen molar-refractivity contribution in [3.05, 3.63) is 0 Å². The van der Waals surface area contributed by atoms with Crippen LogP contribution in [0.3, 0.4) is 0 Å². The number of hydrogen-bond donors (Lipinski definition) is 1. The van der Waals surface area contributed by atoms with Crippen molar-refractivity contribution in [2.24, 2.45) is 0 Å². The van der Waals surface area contributed by atoms with E-state index in [-0.39, 0.29) is 5.44 Å². The monoisotopic (exact) mass is 150 g/mol. The lowest BCUT2D eigenvalue weighted by molar-refractivity contribution is 0.124. The molecule has 0 saturated heterocycles. The predicted octanol–water partition coefficient (Wildman–Crippen LogP) is 0.453. The fourth-order valence-corrected chi connectivity index (χ4v) is 1.94. The van der Waals surface area contributed by atoms with Gasteiger partial charge in [0.05, 0.1) is 5.44 Å². The highest BCUT2D eigenvalue weighted by Gasteiger charge is 1.96. The second-order valence-corrected chi connectivity index (χ2v) is 3.27. The zero-order chi connectivity index (χ0) is 6.41. The molecule has 0 rings (SSSR count). The molecule has 0 heterocycles. The zero-order valence-corrected chi connectivity index (χ0v) is 8.45. The normalized spacial score (nSPS) is 14.2. The van der Waals surface area contributed by atoms with Crippen LogP contribution in [0.2, 0.25) is 6.04 Å². The van der Waals surface area contributed by atoms with Gasteiger partial charge in [-0.2, -0.15) is 0 Å². The molecule has 0 amide bonds. The average molecular weight is 150 g/mol. The van der Waals surface area contributed by atoms with Gasteiger partial charge in [-0.15, -0.1) is 12.6 Å². The maximum Gasteiger partial charge on any atom is 0.0996 e. The summed E-state index contributed by atoms with van der Waals surface area (Å²) in [5, 5.41) is 0. The van der Waals surface area contributed by atoms with Crippen molar-refractivity contribution >= 4 is 22.9 Å². The van der Waals surface area contributed by atoms with Gasteiger partial charge in [0.25, 0.3) is 0 Å². The summed E-state index contributed by atoms with van der Waals surface area (Å²) in [4.78, 5) is 0. The van der Waals surface area contributed by atoms with Crippen LogP contribution in [0.5, 0.6) is 0 Å². The summed E-state index contributed by atoms with van der Waals surface area (Å²) in [5.74, 6) is 0. The van der Waals surface area contributed by atoms with Crippen LogP contribution in [-0.2, 0) is 4.74 Å². The molecule has 1 atom stereocenters. The highest BCUT2D eigenvalue weighted by atomic mass is 32.1. The Morgan fingerprint density at radius 3 is 2.75 bits per heavy atom. The van der Waals surface area contributed by atoms with Crippen LogP contribution in [0.4, 0.5) is 0 Å². The minimum atomic E-state index is 0.192. The third-order valence-electron chi connectivity index (χ3n) is 0.895. The van der Waals surface area contributed by atoms with Crippen LogP contribution in [0, 0.1) is 0 Å². The van der Waals surface area contributed by atoms with Crippen molar-refractivity contribution in [2.75, 3.05) is 6.61 Å². The molecule has 50 valence electrons. The number of ether oxygens (including phenoxy) is 1. The van der Waals surface area contributed by atoms with E-state index in [1.807, 2.05) is 6.92 Å². The zero-order valence-electron chi connectivity index (χ0n) is 5.55. The van der Waals surface area contributed by atoms with Crippen LogP contribution in [0.1, 0.15) is 13.3 Å². The van der Waals surface area contributed by atoms with Gasteiger partial charge in [-0.25, -0.2) is 0 Å². The topological polar surface area (TPSA) is 9.23 Å². The summed E-state index contributed by atoms with van der Waals surface area (Å²) >= 11 is 4.19. The lowest BCUT2D eigenvalue weighted by Crippen LogP contribution is -2.03. The largest absolute Gasteiger partial charge is 0.368 e. The van der Waals surface area contributed by atoms with Crippen molar-refractivity contribution in [1.82, 2.24) is 0 Å². The average Bonchev–Trinajstić information content (AvgIpc) is 1.68. The summed E-state index contributed by atoms with van der Waals surface area (Å²) in [6.07, 6.45) is 1.11. The quantitative estimate of drug-likeness (QED) is 0.348. The first-order valence-corrected chi connectivity index (χ1v) is 5.04. The van der Waals surface area contributed by atoms with Crippen LogP contribution in [0.25, 0.3) is 0 Å². The van der Waals surface area contributed by atoms with Gasteiger partial charge in [-0.05, 0) is 13.3 Å². The second kappa shape index (κ2) is 5.66. The van der Waals surface area contributed by atoms with Crippen LogP contribution in [0.15, 0.2) is 0 Å². The number of thiol groups is 1. The molecule has 0 aromatic carbocycles. The standard InChI is InChI=1S/C5H14OSSi/c1-2-6-5(7)3-4-8/h5,7H,2-4H2,1,8H3. The molecular formula is C5H14OSSi. The molecule has 1 unspecified atom stereocenters. The van der Waals surface area contributed by atoms with Crippen LogP contribution >= 0.6 is 12.6 Å². The van der Waals surface area contributed by atoms with Gasteiger partial charge in [-0.1, -0.05) is 6.04 Å². The van der Waals surface area contributed by atoms with Gasteiger partial charge >= 0.3 is 0 Å². The highest BCUT2D eigenvalue weighted by molar-refractivity contribution is 7.80. The van der Waals surface area contributed by atoms with Crippen molar-refractivity contribution in [3.8, 4) is 0 Å². The minimum absolute atomic E-state index is 0.192. The first kappa shape index (κ1) is 8.53. The molecule has 8 heavy (non-hydrogen) atoms. The van der Waals surface area contributed by atoms with E-state index in [1.165, 1.54) is 16.3 Å². The first-order valence-electron chi connectivity index (χ1n) is 3.11. The van der Waals surface area contributed by atoms with E-state index in [0.717, 1.165) is 13.0 Å². The molecule has 0 N–H and O–H groups in total. The van der Waals surface area contributed by atoms with Crippen molar-refractivity contribution in [2.45, 2.75) is 24.8 Å². The summed E-state index contributed by atoms with van der Waals surface area (Å²) in [6, 6.07) is 1.29. The molecule has 1 nitrogen and oxygen atoms in total. The van der Waals surface area contributed by atoms with E-state index >= 15 is 0 Å². The summed E-state index contributed by atoms with van der Waals surface area (Å²) in [6.45, 7) is 2.78. The minimum Gasteiger partial charge on any atom is -0.368 e. The number of rotatable bonds is 4. The second-order valence-electron chi connectivity index (χ2n) is 1.70. The maximum absolute atomic E-state index is 5.17. The highest BCUT2D eigenvalue weighted by Crippen LogP contribution is 2.03. The van der Waals surface area contributed by atoms with Gasteiger partial charge < -0.3 is 4.74 Å². The van der Waals surface area contributed by atoms with Crippen LogP contribution < -0.4 is 0 Å². The van der Waals surface area contributed by atoms with E-state index in [1.54, 1.807) is 0 Å². The molecule has 3 heteroatoms. The Bertz CT molecular complexity index is 45.7. The van der Waals surface area contributed by atoms with Gasteiger partial charge in [0.15, 0.2) is 0 Å². The third-order valence-corrected chi connectivity index (χ3v) is 1.88. The predicted molar refractivity (Wildman–Crippen MR) is 43.8 cm³/mol. The third kappa shape index (κ3) is 4.68. The Kier molecular flexibility index (Phi) is 6.03. The van der Waals surface area contributed by atoms with E-state index in [0.29, 0.717) is 0 Å². The van der Waals surface area contributed by atoms with Crippen molar-refractivity contribution < 1.29 is 4.74 Å². The molecule has 0 aromatic heterocycles. The molecule has 0 saturated carbocycles. The SMILES string of the molecule is CCOC(S)CC[SiH3]. The fraction of sp³-hybridized carbons (Fsp3) is 1.00. The Labute approximate surface area is 59.6 Å². The fourth-order valence-electron chi connectivity index (χ4n) is 0.523. The van der Waals surface area contributed by atoms with Gasteiger partial charge in [0.1, 0.15) is 0 Å². The molecule has 0 radical (unpaired) electrons. The summed E-state index contributed by atoms with van der Waals surface area (Å²) < 4.78 is 5.17. The molecule has 0 aliphatic carbocycles. The molecular weight excluding hydrogens is 136 g/mol. The van der Waals surface area contributed by atoms with E-state index in [2.05, 4.69) is 12.6 Å². The Morgan fingerprint density at radius 1 is 1.75 bits per heavy atom. The molecule has 0 fully saturated rings. The molecule has 0 bridgehead atoms. The Balaban J connectivity index is 2.92.